The number of rotatable bonds is 6. The van der Waals surface area contributed by atoms with E-state index in [1.54, 1.807) is 0 Å². The van der Waals surface area contributed by atoms with E-state index < -0.39 is 29.1 Å². The van der Waals surface area contributed by atoms with Gasteiger partial charge in [-0.15, -0.1) is 0 Å². The quantitative estimate of drug-likeness (QED) is 0.789. The first-order valence-electron chi connectivity index (χ1n) is 8.10. The van der Waals surface area contributed by atoms with Crippen molar-refractivity contribution < 1.29 is 27.5 Å². The van der Waals surface area contributed by atoms with Crippen LogP contribution < -0.4 is 0 Å². The zero-order chi connectivity index (χ0) is 19.5. The van der Waals surface area contributed by atoms with Gasteiger partial charge in [0.1, 0.15) is 11.6 Å². The molecular formula is C19H19F4NO2. The molecule has 0 saturated carbocycles. The smallest absolute Gasteiger partial charge is 0.360 e. The maximum Gasteiger partial charge on any atom is 0.360 e. The summed E-state index contributed by atoms with van der Waals surface area (Å²) < 4.78 is 56.9. The third-order valence-corrected chi connectivity index (χ3v) is 4.30. The van der Waals surface area contributed by atoms with Crippen LogP contribution in [-0.2, 0) is 10.4 Å². The van der Waals surface area contributed by atoms with Crippen LogP contribution in [0.5, 0.6) is 0 Å². The standard InChI is InChI=1S/C19H19F4NO2/c1-3-24(4-2)17(25)19(22,23)18(26,13-5-9-15(20)10-6-13)14-7-11-16(21)12-8-14/h5-12,26H,3-4H2,1-2H3. The number of carbonyl (C=O) groups excluding carboxylic acids is 1. The molecule has 7 heteroatoms. The summed E-state index contributed by atoms with van der Waals surface area (Å²) in [5, 5.41) is 11.0. The van der Waals surface area contributed by atoms with Crippen molar-refractivity contribution in [3.05, 3.63) is 71.3 Å². The van der Waals surface area contributed by atoms with E-state index in [0.717, 1.165) is 53.4 Å². The van der Waals surface area contributed by atoms with Crippen LogP contribution in [0.25, 0.3) is 0 Å². The van der Waals surface area contributed by atoms with E-state index >= 15 is 8.78 Å². The molecule has 0 aromatic heterocycles. The van der Waals surface area contributed by atoms with Gasteiger partial charge in [0.25, 0.3) is 5.91 Å². The Balaban J connectivity index is 2.68. The molecule has 0 saturated heterocycles. The van der Waals surface area contributed by atoms with Crippen molar-refractivity contribution in [3.63, 3.8) is 0 Å². The van der Waals surface area contributed by atoms with Gasteiger partial charge in [0.15, 0.2) is 5.60 Å². The molecule has 0 unspecified atom stereocenters. The SMILES string of the molecule is CCN(CC)C(=O)C(F)(F)C(O)(c1ccc(F)cc1)c1ccc(F)cc1. The molecule has 0 spiro atoms. The lowest BCUT2D eigenvalue weighted by atomic mass is 9.80. The third-order valence-electron chi connectivity index (χ3n) is 4.30. The molecule has 0 aliphatic carbocycles. The molecule has 2 aromatic rings. The van der Waals surface area contributed by atoms with Crippen LogP contribution in [0.4, 0.5) is 17.6 Å². The second-order valence-corrected chi connectivity index (χ2v) is 5.78. The first-order valence-corrected chi connectivity index (χ1v) is 8.10. The first kappa shape index (κ1) is 19.9. The summed E-state index contributed by atoms with van der Waals surface area (Å²) in [5.74, 6) is -7.21. The van der Waals surface area contributed by atoms with Gasteiger partial charge >= 0.3 is 5.92 Å². The lowest BCUT2D eigenvalue weighted by Gasteiger charge is -2.38. The highest BCUT2D eigenvalue weighted by Crippen LogP contribution is 2.44. The second-order valence-electron chi connectivity index (χ2n) is 5.78. The van der Waals surface area contributed by atoms with E-state index in [1.165, 1.54) is 13.8 Å². The van der Waals surface area contributed by atoms with Crippen molar-refractivity contribution in [2.24, 2.45) is 0 Å². The molecule has 2 rings (SSSR count). The van der Waals surface area contributed by atoms with Crippen LogP contribution in [0, 0.1) is 11.6 Å². The topological polar surface area (TPSA) is 40.5 Å². The number of nitrogens with zero attached hydrogens (tertiary/aromatic N) is 1. The predicted molar refractivity (Wildman–Crippen MR) is 88.7 cm³/mol. The van der Waals surface area contributed by atoms with Crippen LogP contribution in [0.2, 0.25) is 0 Å². The number of amides is 1. The molecule has 0 fully saturated rings. The number of alkyl halides is 2. The average Bonchev–Trinajstić information content (AvgIpc) is 2.63. The number of carbonyl (C=O) groups is 1. The van der Waals surface area contributed by atoms with Gasteiger partial charge in [-0.3, -0.25) is 4.79 Å². The van der Waals surface area contributed by atoms with Crippen molar-refractivity contribution in [1.82, 2.24) is 4.90 Å². The van der Waals surface area contributed by atoms with Gasteiger partial charge in [0, 0.05) is 13.1 Å². The van der Waals surface area contributed by atoms with Crippen LogP contribution >= 0.6 is 0 Å². The fourth-order valence-electron chi connectivity index (χ4n) is 2.78. The lowest BCUT2D eigenvalue weighted by Crippen LogP contribution is -2.56. The van der Waals surface area contributed by atoms with E-state index in [1.807, 2.05) is 0 Å². The van der Waals surface area contributed by atoms with Gasteiger partial charge in [-0.2, -0.15) is 8.78 Å². The van der Waals surface area contributed by atoms with Gasteiger partial charge in [-0.25, -0.2) is 8.78 Å². The Morgan fingerprint density at radius 3 is 1.54 bits per heavy atom. The van der Waals surface area contributed by atoms with Crippen molar-refractivity contribution in [2.45, 2.75) is 25.4 Å². The zero-order valence-corrected chi connectivity index (χ0v) is 14.3. The Bertz CT molecular complexity index is 711. The van der Waals surface area contributed by atoms with Gasteiger partial charge < -0.3 is 10.0 Å². The molecule has 140 valence electrons. The zero-order valence-electron chi connectivity index (χ0n) is 14.3. The fraction of sp³-hybridized carbons (Fsp3) is 0.316. The Morgan fingerprint density at radius 2 is 1.23 bits per heavy atom. The number of benzene rings is 2. The highest BCUT2D eigenvalue weighted by Gasteiger charge is 2.61. The molecule has 1 N–H and O–H groups in total. The van der Waals surface area contributed by atoms with E-state index in [-0.39, 0.29) is 24.2 Å². The third kappa shape index (κ3) is 3.31. The number of hydrogen-bond donors (Lipinski definition) is 1. The molecule has 0 aliphatic rings. The summed E-state index contributed by atoms with van der Waals surface area (Å²) in [6.07, 6.45) is 0. The van der Waals surface area contributed by atoms with Crippen molar-refractivity contribution >= 4 is 5.91 Å². The van der Waals surface area contributed by atoms with Crippen LogP contribution in [0.1, 0.15) is 25.0 Å². The van der Waals surface area contributed by atoms with Gasteiger partial charge in [0.2, 0.25) is 0 Å². The highest BCUT2D eigenvalue weighted by molar-refractivity contribution is 5.86. The van der Waals surface area contributed by atoms with Crippen LogP contribution in [-0.4, -0.2) is 34.9 Å². The summed E-state index contributed by atoms with van der Waals surface area (Å²) in [5.41, 5.74) is -3.85. The maximum absolute atomic E-state index is 15.2. The number of halogens is 4. The van der Waals surface area contributed by atoms with Crippen LogP contribution in [0.15, 0.2) is 48.5 Å². The minimum absolute atomic E-state index is 0.0217. The maximum atomic E-state index is 15.2. The summed E-state index contributed by atoms with van der Waals surface area (Å²) in [6.45, 7) is 3.11. The largest absolute Gasteiger partial charge is 0.374 e. The summed E-state index contributed by atoms with van der Waals surface area (Å²) in [6, 6.07) is 7.52. The van der Waals surface area contributed by atoms with E-state index in [2.05, 4.69) is 0 Å². The fourth-order valence-corrected chi connectivity index (χ4v) is 2.78. The summed E-state index contributed by atoms with van der Waals surface area (Å²) in [7, 11) is 0. The van der Waals surface area contributed by atoms with Crippen molar-refractivity contribution in [3.8, 4) is 0 Å². The molecular weight excluding hydrogens is 350 g/mol. The monoisotopic (exact) mass is 369 g/mol. The number of hydrogen-bond acceptors (Lipinski definition) is 2. The molecule has 3 nitrogen and oxygen atoms in total. The van der Waals surface area contributed by atoms with Gasteiger partial charge in [0.05, 0.1) is 0 Å². The predicted octanol–water partition coefficient (Wildman–Crippen LogP) is 3.70. The summed E-state index contributed by atoms with van der Waals surface area (Å²) in [4.78, 5) is 13.3. The Hall–Kier alpha value is -2.41. The average molecular weight is 369 g/mol. The molecule has 0 atom stereocenters. The molecule has 2 aromatic carbocycles. The Morgan fingerprint density at radius 1 is 0.885 bits per heavy atom. The van der Waals surface area contributed by atoms with Gasteiger partial charge in [-0.1, -0.05) is 24.3 Å². The minimum atomic E-state index is -4.27. The van der Waals surface area contributed by atoms with Crippen molar-refractivity contribution in [1.29, 1.82) is 0 Å². The van der Waals surface area contributed by atoms with Crippen molar-refractivity contribution in [2.75, 3.05) is 13.1 Å². The molecule has 0 bridgehead atoms. The number of aliphatic hydroxyl groups is 1. The molecule has 0 aliphatic heterocycles. The molecule has 1 amide bonds. The molecule has 0 heterocycles. The van der Waals surface area contributed by atoms with Gasteiger partial charge in [-0.05, 0) is 49.2 Å². The highest BCUT2D eigenvalue weighted by atomic mass is 19.3. The Labute approximate surface area is 148 Å². The van der Waals surface area contributed by atoms with E-state index in [0.29, 0.717) is 0 Å². The lowest BCUT2D eigenvalue weighted by molar-refractivity contribution is -0.194. The van der Waals surface area contributed by atoms with Crippen LogP contribution in [0.3, 0.4) is 0 Å². The van der Waals surface area contributed by atoms with E-state index in [4.69, 9.17) is 0 Å². The second kappa shape index (κ2) is 7.45. The first-order chi connectivity index (χ1) is 12.2. The Kier molecular flexibility index (Phi) is 5.71. The normalized spacial score (nSPS) is 12.1. The molecule has 26 heavy (non-hydrogen) atoms. The summed E-state index contributed by atoms with van der Waals surface area (Å²) >= 11 is 0. The molecule has 0 radical (unpaired) electrons. The van der Waals surface area contributed by atoms with E-state index in [9.17, 15) is 18.7 Å². The minimum Gasteiger partial charge on any atom is -0.374 e.